The van der Waals surface area contributed by atoms with E-state index in [4.69, 9.17) is 4.74 Å². The van der Waals surface area contributed by atoms with E-state index in [9.17, 15) is 15.0 Å². The second kappa shape index (κ2) is 6.80. The van der Waals surface area contributed by atoms with Crippen LogP contribution in [0.5, 0.6) is 0 Å². The van der Waals surface area contributed by atoms with Crippen LogP contribution in [0.25, 0.3) is 0 Å². The van der Waals surface area contributed by atoms with E-state index in [1.165, 1.54) is 0 Å². The van der Waals surface area contributed by atoms with Gasteiger partial charge in [0.25, 0.3) is 0 Å². The molecule has 0 amide bonds. The number of hydrogen-bond acceptors (Lipinski definition) is 4. The highest BCUT2D eigenvalue weighted by atomic mass is 16.5. The van der Waals surface area contributed by atoms with Crippen molar-refractivity contribution in [3.63, 3.8) is 0 Å². The smallest absolute Gasteiger partial charge is 0.308 e. The Morgan fingerprint density at radius 1 is 1.38 bits per heavy atom. The lowest BCUT2D eigenvalue weighted by Crippen LogP contribution is -2.52. The molecule has 24 heavy (non-hydrogen) atoms. The van der Waals surface area contributed by atoms with Gasteiger partial charge in [-0.1, -0.05) is 46.3 Å². The Kier molecular flexibility index (Phi) is 5.51. The molecule has 2 rings (SSSR count). The van der Waals surface area contributed by atoms with Crippen molar-refractivity contribution in [1.82, 2.24) is 0 Å². The average Bonchev–Trinajstić information content (AvgIpc) is 2.74. The lowest BCUT2D eigenvalue weighted by molar-refractivity contribution is -0.173. The molecular formula is C20H34O4. The number of aliphatic hydroxyl groups is 2. The molecule has 2 aliphatic carbocycles. The van der Waals surface area contributed by atoms with Gasteiger partial charge in [0.1, 0.15) is 6.10 Å². The molecule has 138 valence electrons. The Morgan fingerprint density at radius 3 is 2.54 bits per heavy atom. The summed E-state index contributed by atoms with van der Waals surface area (Å²) in [7, 11) is 0. The van der Waals surface area contributed by atoms with Crippen LogP contribution in [0.1, 0.15) is 67.2 Å². The standard InChI is InChI=1S/C20H34O4/c1-7-14(5)18(22)24-15-10-13(4)11-16(21)19(6)8-9-20(23,12(2)3)17(15)19/h11-12,14-17,21,23H,7-10H2,1-6H3/t14-,15+,16-,17-,19-,20-/m1/s1. The first kappa shape index (κ1) is 19.5. The summed E-state index contributed by atoms with van der Waals surface area (Å²) in [5, 5.41) is 22.2. The zero-order chi connectivity index (χ0) is 18.3. The maximum atomic E-state index is 12.4. The van der Waals surface area contributed by atoms with Crippen LogP contribution in [0.3, 0.4) is 0 Å². The van der Waals surface area contributed by atoms with Gasteiger partial charge in [-0.25, -0.2) is 0 Å². The lowest BCUT2D eigenvalue weighted by Gasteiger charge is -2.45. The molecule has 0 bridgehead atoms. The molecule has 0 aliphatic heterocycles. The van der Waals surface area contributed by atoms with Gasteiger partial charge in [0, 0.05) is 17.8 Å². The van der Waals surface area contributed by atoms with E-state index in [2.05, 4.69) is 0 Å². The monoisotopic (exact) mass is 338 g/mol. The molecule has 0 aromatic heterocycles. The Labute approximate surface area is 146 Å². The van der Waals surface area contributed by atoms with Crippen LogP contribution in [-0.4, -0.2) is 34.0 Å². The topological polar surface area (TPSA) is 66.8 Å². The third-order valence-corrected chi connectivity index (χ3v) is 6.61. The molecule has 2 N–H and O–H groups in total. The summed E-state index contributed by atoms with van der Waals surface area (Å²) in [5.74, 6) is -0.573. The molecule has 0 heterocycles. The van der Waals surface area contributed by atoms with Crippen molar-refractivity contribution in [3.8, 4) is 0 Å². The van der Waals surface area contributed by atoms with Crippen molar-refractivity contribution < 1.29 is 19.7 Å². The predicted molar refractivity (Wildman–Crippen MR) is 94.3 cm³/mol. The zero-order valence-corrected chi connectivity index (χ0v) is 16.0. The average molecular weight is 338 g/mol. The Morgan fingerprint density at radius 2 is 2.00 bits per heavy atom. The van der Waals surface area contributed by atoms with Crippen molar-refractivity contribution >= 4 is 5.97 Å². The van der Waals surface area contributed by atoms with E-state index in [0.29, 0.717) is 12.8 Å². The molecular weight excluding hydrogens is 304 g/mol. The maximum absolute atomic E-state index is 12.4. The molecule has 0 radical (unpaired) electrons. The number of ether oxygens (including phenoxy) is 1. The van der Waals surface area contributed by atoms with Crippen LogP contribution in [0.15, 0.2) is 11.6 Å². The third kappa shape index (κ3) is 3.15. The molecule has 1 fully saturated rings. The van der Waals surface area contributed by atoms with Crippen molar-refractivity contribution in [2.75, 3.05) is 0 Å². The van der Waals surface area contributed by atoms with E-state index in [0.717, 1.165) is 18.4 Å². The summed E-state index contributed by atoms with van der Waals surface area (Å²) in [5.41, 5.74) is -0.377. The molecule has 1 saturated carbocycles. The van der Waals surface area contributed by atoms with Crippen molar-refractivity contribution in [3.05, 3.63) is 11.6 Å². The van der Waals surface area contributed by atoms with Gasteiger partial charge in [0.2, 0.25) is 0 Å². The van der Waals surface area contributed by atoms with Gasteiger partial charge in [0.05, 0.1) is 17.6 Å². The van der Waals surface area contributed by atoms with Gasteiger partial charge >= 0.3 is 5.97 Å². The minimum atomic E-state index is -0.922. The van der Waals surface area contributed by atoms with Crippen molar-refractivity contribution in [1.29, 1.82) is 0 Å². The molecule has 0 spiro atoms. The number of rotatable bonds is 4. The molecule has 0 saturated heterocycles. The highest BCUT2D eigenvalue weighted by Crippen LogP contribution is 2.58. The van der Waals surface area contributed by atoms with Crippen LogP contribution in [0.2, 0.25) is 0 Å². The van der Waals surface area contributed by atoms with Crippen LogP contribution in [0, 0.1) is 23.2 Å². The van der Waals surface area contributed by atoms with Crippen LogP contribution >= 0.6 is 0 Å². The first-order valence-corrected chi connectivity index (χ1v) is 9.34. The highest BCUT2D eigenvalue weighted by Gasteiger charge is 2.61. The van der Waals surface area contributed by atoms with E-state index < -0.39 is 17.1 Å². The fourth-order valence-corrected chi connectivity index (χ4v) is 4.58. The van der Waals surface area contributed by atoms with E-state index in [-0.39, 0.29) is 29.8 Å². The highest BCUT2D eigenvalue weighted by molar-refractivity contribution is 5.72. The summed E-state index contributed by atoms with van der Waals surface area (Å²) in [6, 6.07) is 0. The molecule has 4 heteroatoms. The fraction of sp³-hybridized carbons (Fsp3) is 0.850. The van der Waals surface area contributed by atoms with E-state index in [1.54, 1.807) is 0 Å². The first-order chi connectivity index (χ1) is 11.1. The molecule has 6 atom stereocenters. The SMILES string of the molecule is CC[C@@H](C)C(=O)O[C@H]1CC(C)=C[C@@H](O)[C@@]2(C)CC[C@@](O)(C(C)C)[C@H]12. The van der Waals surface area contributed by atoms with Gasteiger partial charge < -0.3 is 14.9 Å². The lowest BCUT2D eigenvalue weighted by atomic mass is 9.66. The molecule has 0 unspecified atom stereocenters. The van der Waals surface area contributed by atoms with Crippen LogP contribution < -0.4 is 0 Å². The molecule has 0 aromatic rings. The normalized spacial score (nSPS) is 40.7. The van der Waals surface area contributed by atoms with Gasteiger partial charge in [-0.05, 0) is 32.1 Å². The van der Waals surface area contributed by atoms with Crippen molar-refractivity contribution in [2.45, 2.75) is 85.0 Å². The van der Waals surface area contributed by atoms with Gasteiger partial charge in [-0.2, -0.15) is 0 Å². The summed E-state index contributed by atoms with van der Waals surface area (Å²) in [6.07, 6.45) is 3.55. The number of carbonyl (C=O) groups is 1. The summed E-state index contributed by atoms with van der Waals surface area (Å²) in [4.78, 5) is 12.4. The summed E-state index contributed by atoms with van der Waals surface area (Å²) >= 11 is 0. The largest absolute Gasteiger partial charge is 0.461 e. The molecule has 0 aromatic carbocycles. The second-order valence-electron chi connectivity index (χ2n) is 8.58. The number of aliphatic hydroxyl groups excluding tert-OH is 1. The summed E-state index contributed by atoms with van der Waals surface area (Å²) in [6.45, 7) is 11.9. The Hall–Kier alpha value is -0.870. The molecule has 2 aliphatic rings. The van der Waals surface area contributed by atoms with Gasteiger partial charge in [0.15, 0.2) is 0 Å². The van der Waals surface area contributed by atoms with Crippen molar-refractivity contribution in [2.24, 2.45) is 23.2 Å². The first-order valence-electron chi connectivity index (χ1n) is 9.34. The van der Waals surface area contributed by atoms with Gasteiger partial charge in [-0.15, -0.1) is 0 Å². The maximum Gasteiger partial charge on any atom is 0.308 e. The van der Waals surface area contributed by atoms with Crippen LogP contribution in [-0.2, 0) is 9.53 Å². The minimum Gasteiger partial charge on any atom is -0.461 e. The number of carbonyl (C=O) groups excluding carboxylic acids is 1. The number of fused-ring (bicyclic) bond motifs is 1. The van der Waals surface area contributed by atoms with Gasteiger partial charge in [-0.3, -0.25) is 4.79 Å². The zero-order valence-electron chi connectivity index (χ0n) is 16.0. The fourth-order valence-electron chi connectivity index (χ4n) is 4.58. The third-order valence-electron chi connectivity index (χ3n) is 6.61. The predicted octanol–water partition coefficient (Wildman–Crippen LogP) is 3.46. The van der Waals surface area contributed by atoms with E-state index >= 15 is 0 Å². The molecule has 4 nitrogen and oxygen atoms in total. The number of esters is 1. The summed E-state index contributed by atoms with van der Waals surface area (Å²) < 4.78 is 5.92. The van der Waals surface area contributed by atoms with Crippen LogP contribution in [0.4, 0.5) is 0 Å². The van der Waals surface area contributed by atoms with E-state index in [1.807, 2.05) is 47.6 Å². The quantitative estimate of drug-likeness (QED) is 0.608. The number of hydrogen-bond donors (Lipinski definition) is 2. The Bertz CT molecular complexity index is 512. The minimum absolute atomic E-state index is 0.0414. The Balaban J connectivity index is 2.43. The second-order valence-corrected chi connectivity index (χ2v) is 8.58.